The fraction of sp³-hybridized carbons (Fsp3) is 0.192. The molecule has 0 fully saturated rings. The van der Waals surface area contributed by atoms with Gasteiger partial charge in [-0.1, -0.05) is 36.0 Å². The number of fused-ring (bicyclic) bond motifs is 1. The molecule has 0 aliphatic carbocycles. The second-order valence-corrected chi connectivity index (χ2v) is 10.9. The van der Waals surface area contributed by atoms with E-state index in [1.54, 1.807) is 34.9 Å². The molecule has 0 saturated heterocycles. The highest BCUT2D eigenvalue weighted by atomic mass is 32.2. The molecule has 8 nitrogen and oxygen atoms in total. The van der Waals surface area contributed by atoms with E-state index in [4.69, 9.17) is 4.74 Å². The minimum Gasteiger partial charge on any atom is -0.467 e. The van der Waals surface area contributed by atoms with Crippen LogP contribution in [0.1, 0.15) is 35.3 Å². The van der Waals surface area contributed by atoms with E-state index in [0.29, 0.717) is 22.2 Å². The summed E-state index contributed by atoms with van der Waals surface area (Å²) in [6, 6.07) is 15.5. The number of carbonyl (C=O) groups is 2. The molecule has 0 aliphatic heterocycles. The maximum atomic E-state index is 13.2. The van der Waals surface area contributed by atoms with Gasteiger partial charge in [0.25, 0.3) is 15.9 Å². The summed E-state index contributed by atoms with van der Waals surface area (Å²) < 4.78 is 48.5. The summed E-state index contributed by atoms with van der Waals surface area (Å²) in [6.45, 7) is 3.73. The zero-order valence-electron chi connectivity index (χ0n) is 20.3. The topological polar surface area (TPSA) is 107 Å². The summed E-state index contributed by atoms with van der Waals surface area (Å²) in [5.74, 6) is -1.51. The van der Waals surface area contributed by atoms with Crippen LogP contribution in [0.15, 0.2) is 76.6 Å². The van der Waals surface area contributed by atoms with Crippen molar-refractivity contribution in [3.8, 4) is 0 Å². The van der Waals surface area contributed by atoms with Crippen LogP contribution >= 0.6 is 11.3 Å². The third kappa shape index (κ3) is 5.62. The minimum absolute atomic E-state index is 0.0913. The number of sulfonamides is 1. The number of nitrogens with one attached hydrogen (secondary N) is 1. The summed E-state index contributed by atoms with van der Waals surface area (Å²) in [4.78, 5) is 30.0. The lowest BCUT2D eigenvalue weighted by atomic mass is 10.1. The molecular weight excluding hydrogens is 517 g/mol. The molecule has 4 rings (SSSR count). The largest absolute Gasteiger partial charge is 0.467 e. The Balaban J connectivity index is 1.82. The highest BCUT2D eigenvalue weighted by molar-refractivity contribution is 7.92. The average Bonchev–Trinajstić information content (AvgIpc) is 3.21. The van der Waals surface area contributed by atoms with Crippen LogP contribution in [-0.2, 0) is 19.6 Å². The van der Waals surface area contributed by atoms with Gasteiger partial charge in [-0.3, -0.25) is 9.52 Å². The van der Waals surface area contributed by atoms with Gasteiger partial charge < -0.3 is 9.30 Å². The van der Waals surface area contributed by atoms with Gasteiger partial charge in [0.2, 0.25) is 0 Å². The van der Waals surface area contributed by atoms with Crippen LogP contribution in [-0.4, -0.2) is 32.0 Å². The normalized spacial score (nSPS) is 12.9. The Morgan fingerprint density at radius 2 is 1.76 bits per heavy atom. The average molecular weight is 542 g/mol. The molecule has 11 heteroatoms. The van der Waals surface area contributed by atoms with Gasteiger partial charge in [-0.25, -0.2) is 17.6 Å². The van der Waals surface area contributed by atoms with Crippen molar-refractivity contribution in [2.75, 3.05) is 11.8 Å². The molecule has 1 aromatic heterocycles. The van der Waals surface area contributed by atoms with Crippen molar-refractivity contribution in [1.82, 2.24) is 4.57 Å². The molecule has 1 unspecified atom stereocenters. The van der Waals surface area contributed by atoms with E-state index in [1.165, 1.54) is 19.2 Å². The lowest BCUT2D eigenvalue weighted by molar-refractivity contribution is -0.144. The summed E-state index contributed by atoms with van der Waals surface area (Å²) in [7, 11) is -2.68. The summed E-state index contributed by atoms with van der Waals surface area (Å²) >= 11 is 1.14. The number of rotatable bonds is 7. The van der Waals surface area contributed by atoms with Gasteiger partial charge in [0.15, 0.2) is 4.80 Å². The Bertz CT molecular complexity index is 1640. The van der Waals surface area contributed by atoms with E-state index in [-0.39, 0.29) is 15.4 Å². The molecule has 1 N–H and O–H groups in total. The fourth-order valence-corrected chi connectivity index (χ4v) is 5.91. The second-order valence-electron chi connectivity index (χ2n) is 8.23. The lowest BCUT2D eigenvalue weighted by Gasteiger charge is -2.16. The van der Waals surface area contributed by atoms with Crippen LogP contribution in [0.5, 0.6) is 0 Å². The molecule has 0 saturated carbocycles. The van der Waals surface area contributed by atoms with Gasteiger partial charge >= 0.3 is 5.97 Å². The first kappa shape index (κ1) is 26.2. The molecule has 0 bridgehead atoms. The van der Waals surface area contributed by atoms with Gasteiger partial charge in [-0.2, -0.15) is 4.99 Å². The number of nitrogens with zero attached hydrogens (tertiary/aromatic N) is 2. The van der Waals surface area contributed by atoms with Gasteiger partial charge in [-0.15, -0.1) is 0 Å². The first-order valence-corrected chi connectivity index (χ1v) is 13.6. The number of amides is 1. The highest BCUT2D eigenvalue weighted by Crippen LogP contribution is 2.27. The number of hydrogen-bond donors (Lipinski definition) is 1. The zero-order valence-corrected chi connectivity index (χ0v) is 21.9. The van der Waals surface area contributed by atoms with Crippen molar-refractivity contribution in [1.29, 1.82) is 0 Å². The molecule has 0 aliphatic rings. The van der Waals surface area contributed by atoms with Crippen molar-refractivity contribution in [2.45, 2.75) is 31.2 Å². The molecule has 0 radical (unpaired) electrons. The minimum atomic E-state index is -3.97. The number of hydrogen-bond acceptors (Lipinski definition) is 6. The molecule has 4 aromatic rings. The molecule has 192 valence electrons. The molecule has 3 aromatic carbocycles. The quantitative estimate of drug-likeness (QED) is 0.338. The standard InChI is InChI=1S/C26H24FN3O5S2/c1-4-21(25(32)35-3)30-22-14-11-19(29-37(33,34)20-12-9-18(27)10-13-20)15-23(22)36-26(30)28-24(31)17-7-5-16(2)6-8-17/h5-15,21,29H,4H2,1-3H3. The molecular formula is C26H24FN3O5S2. The van der Waals surface area contributed by atoms with Crippen LogP contribution < -0.4 is 9.52 Å². The van der Waals surface area contributed by atoms with Crippen molar-refractivity contribution in [3.05, 3.63) is 88.5 Å². The van der Waals surface area contributed by atoms with Crippen molar-refractivity contribution < 1.29 is 27.1 Å². The van der Waals surface area contributed by atoms with Crippen LogP contribution in [0.4, 0.5) is 10.1 Å². The Morgan fingerprint density at radius 3 is 2.38 bits per heavy atom. The number of benzene rings is 3. The molecule has 1 heterocycles. The van der Waals surface area contributed by atoms with Crippen molar-refractivity contribution in [3.63, 3.8) is 0 Å². The third-order valence-electron chi connectivity index (χ3n) is 5.67. The van der Waals surface area contributed by atoms with Crippen LogP contribution in [0.3, 0.4) is 0 Å². The smallest absolute Gasteiger partial charge is 0.328 e. The fourth-order valence-electron chi connectivity index (χ4n) is 3.75. The number of ether oxygens (including phenoxy) is 1. The first-order valence-electron chi connectivity index (χ1n) is 11.3. The Morgan fingerprint density at radius 1 is 1.08 bits per heavy atom. The number of anilines is 1. The van der Waals surface area contributed by atoms with E-state index in [2.05, 4.69) is 9.71 Å². The summed E-state index contributed by atoms with van der Waals surface area (Å²) in [5.41, 5.74) is 2.24. The number of aromatic nitrogens is 1. The van der Waals surface area contributed by atoms with Crippen LogP contribution in [0.2, 0.25) is 0 Å². The van der Waals surface area contributed by atoms with Crippen molar-refractivity contribution in [2.24, 2.45) is 4.99 Å². The van der Waals surface area contributed by atoms with E-state index < -0.39 is 33.8 Å². The maximum Gasteiger partial charge on any atom is 0.328 e. The van der Waals surface area contributed by atoms with E-state index in [0.717, 1.165) is 29.0 Å². The summed E-state index contributed by atoms with van der Waals surface area (Å²) in [6.07, 6.45) is 0.378. The maximum absolute atomic E-state index is 13.2. The van der Waals surface area contributed by atoms with E-state index in [9.17, 15) is 22.4 Å². The van der Waals surface area contributed by atoms with Gasteiger partial charge in [-0.05, 0) is 67.9 Å². The molecule has 1 amide bonds. The van der Waals surface area contributed by atoms with Crippen LogP contribution in [0.25, 0.3) is 10.2 Å². The number of thiazole rings is 1. The summed E-state index contributed by atoms with van der Waals surface area (Å²) in [5, 5.41) is 0. The Labute approximate surface area is 217 Å². The first-order chi connectivity index (χ1) is 17.6. The monoisotopic (exact) mass is 541 g/mol. The molecule has 1 atom stereocenters. The number of methoxy groups -OCH3 is 1. The predicted octanol–water partition coefficient (Wildman–Crippen LogP) is 4.82. The van der Waals surface area contributed by atoms with Gasteiger partial charge in [0, 0.05) is 5.56 Å². The Hall–Kier alpha value is -3.83. The second kappa shape index (κ2) is 10.7. The SMILES string of the molecule is CCC(C(=O)OC)n1c(=NC(=O)c2ccc(C)cc2)sc2cc(NS(=O)(=O)c3ccc(F)cc3)ccc21. The number of halogens is 1. The molecule has 37 heavy (non-hydrogen) atoms. The van der Waals surface area contributed by atoms with Gasteiger partial charge in [0.1, 0.15) is 11.9 Å². The van der Waals surface area contributed by atoms with Gasteiger partial charge in [0.05, 0.1) is 27.9 Å². The predicted molar refractivity (Wildman–Crippen MR) is 139 cm³/mol. The zero-order chi connectivity index (χ0) is 26.7. The van der Waals surface area contributed by atoms with Crippen LogP contribution in [0, 0.1) is 12.7 Å². The van der Waals surface area contributed by atoms with E-state index >= 15 is 0 Å². The Kier molecular flexibility index (Phi) is 7.55. The van der Waals surface area contributed by atoms with Crippen molar-refractivity contribution >= 4 is 49.1 Å². The number of esters is 1. The lowest BCUT2D eigenvalue weighted by Crippen LogP contribution is -2.28. The number of aryl methyl sites for hydroxylation is 1. The number of carbonyl (C=O) groups excluding carboxylic acids is 2. The third-order valence-corrected chi connectivity index (χ3v) is 8.08. The highest BCUT2D eigenvalue weighted by Gasteiger charge is 2.24. The molecule has 0 spiro atoms. The van der Waals surface area contributed by atoms with E-state index in [1.807, 2.05) is 26.0 Å².